The second kappa shape index (κ2) is 11.7. The third-order valence-electron chi connectivity index (χ3n) is 6.43. The van der Waals surface area contributed by atoms with Crippen LogP contribution < -0.4 is 15.5 Å². The number of benzene rings is 2. The standard InChI is InChI=1S/C28H32N4O4/c1-19-10-6-9-15-23(19)32(26(34)17-16-25(33)30-24-18-20(2)36-31-24)27(21-11-4-3-5-12-21)28(35)29-22-13-7-8-14-22/h3-6,9-12,15,18,22,27H,7-8,13-14,16-17H2,1-2H3,(H,29,35)(H,30,31,33)/t27-/m1/s1. The fourth-order valence-corrected chi connectivity index (χ4v) is 4.63. The van der Waals surface area contributed by atoms with Crippen molar-refractivity contribution < 1.29 is 18.9 Å². The summed E-state index contributed by atoms with van der Waals surface area (Å²) in [5.74, 6) is -0.00335. The van der Waals surface area contributed by atoms with Crippen LogP contribution in [0.2, 0.25) is 0 Å². The molecule has 3 amide bonds. The maximum Gasteiger partial charge on any atom is 0.248 e. The van der Waals surface area contributed by atoms with Crippen LogP contribution in [0.5, 0.6) is 0 Å². The molecule has 1 aliphatic rings. The summed E-state index contributed by atoms with van der Waals surface area (Å²) < 4.78 is 4.98. The number of hydrogen-bond acceptors (Lipinski definition) is 5. The molecule has 1 aliphatic carbocycles. The van der Waals surface area contributed by atoms with Gasteiger partial charge < -0.3 is 15.2 Å². The quantitative estimate of drug-likeness (QED) is 0.448. The highest BCUT2D eigenvalue weighted by Gasteiger charge is 2.34. The molecule has 3 aromatic rings. The highest BCUT2D eigenvalue weighted by atomic mass is 16.5. The normalized spacial score (nSPS) is 14.3. The van der Waals surface area contributed by atoms with Crippen molar-refractivity contribution in [2.45, 2.75) is 64.5 Å². The summed E-state index contributed by atoms with van der Waals surface area (Å²) in [5.41, 5.74) is 2.22. The lowest BCUT2D eigenvalue weighted by atomic mass is 10.0. The average Bonchev–Trinajstić information content (AvgIpc) is 3.53. The number of amides is 3. The Morgan fingerprint density at radius 2 is 1.69 bits per heavy atom. The number of carbonyl (C=O) groups excluding carboxylic acids is 3. The first-order chi connectivity index (χ1) is 17.4. The lowest BCUT2D eigenvalue weighted by Gasteiger charge is -2.33. The third-order valence-corrected chi connectivity index (χ3v) is 6.43. The molecule has 1 heterocycles. The number of nitrogens with one attached hydrogen (secondary N) is 2. The van der Waals surface area contributed by atoms with Gasteiger partial charge in [0.1, 0.15) is 11.8 Å². The predicted molar refractivity (Wildman–Crippen MR) is 137 cm³/mol. The largest absolute Gasteiger partial charge is 0.360 e. The lowest BCUT2D eigenvalue weighted by Crippen LogP contribution is -2.46. The van der Waals surface area contributed by atoms with E-state index in [9.17, 15) is 14.4 Å². The molecule has 0 radical (unpaired) electrons. The first kappa shape index (κ1) is 25.2. The van der Waals surface area contributed by atoms with Crippen LogP contribution in [-0.2, 0) is 14.4 Å². The minimum Gasteiger partial charge on any atom is -0.360 e. The number of carbonyl (C=O) groups is 3. The predicted octanol–water partition coefficient (Wildman–Crippen LogP) is 4.84. The summed E-state index contributed by atoms with van der Waals surface area (Å²) in [4.78, 5) is 41.5. The molecule has 36 heavy (non-hydrogen) atoms. The lowest BCUT2D eigenvalue weighted by molar-refractivity contribution is -0.127. The Bertz CT molecular complexity index is 1200. The number of anilines is 2. The van der Waals surface area contributed by atoms with E-state index in [0.717, 1.165) is 31.2 Å². The smallest absolute Gasteiger partial charge is 0.248 e. The summed E-state index contributed by atoms with van der Waals surface area (Å²) in [6.45, 7) is 3.64. The SMILES string of the molecule is Cc1cc(NC(=O)CCC(=O)N(c2ccccc2C)[C@@H](C(=O)NC2CCCC2)c2ccccc2)no1. The van der Waals surface area contributed by atoms with Gasteiger partial charge in [0.05, 0.1) is 0 Å². The molecule has 1 aromatic heterocycles. The van der Waals surface area contributed by atoms with Crippen molar-refractivity contribution in [3.05, 3.63) is 77.6 Å². The fourth-order valence-electron chi connectivity index (χ4n) is 4.63. The van der Waals surface area contributed by atoms with Crippen LogP contribution in [0.15, 0.2) is 65.2 Å². The average molecular weight is 489 g/mol. The summed E-state index contributed by atoms with van der Waals surface area (Å²) in [7, 11) is 0. The van der Waals surface area contributed by atoms with Gasteiger partial charge in [0.25, 0.3) is 0 Å². The second-order valence-corrected chi connectivity index (χ2v) is 9.22. The van der Waals surface area contributed by atoms with Crippen molar-refractivity contribution in [3.8, 4) is 0 Å². The Morgan fingerprint density at radius 3 is 2.36 bits per heavy atom. The van der Waals surface area contributed by atoms with E-state index in [1.807, 2.05) is 61.5 Å². The topological polar surface area (TPSA) is 105 Å². The summed E-state index contributed by atoms with van der Waals surface area (Å²) in [5, 5.41) is 9.58. The Balaban J connectivity index is 1.61. The summed E-state index contributed by atoms with van der Waals surface area (Å²) in [6.07, 6.45) is 3.92. The Morgan fingerprint density at radius 1 is 1.00 bits per heavy atom. The van der Waals surface area contributed by atoms with Gasteiger partial charge in [-0.3, -0.25) is 19.3 Å². The fraction of sp³-hybridized carbons (Fsp3) is 0.357. The van der Waals surface area contributed by atoms with E-state index in [2.05, 4.69) is 15.8 Å². The van der Waals surface area contributed by atoms with Gasteiger partial charge >= 0.3 is 0 Å². The molecule has 8 heteroatoms. The van der Waals surface area contributed by atoms with Crippen LogP contribution in [0, 0.1) is 13.8 Å². The van der Waals surface area contributed by atoms with E-state index in [4.69, 9.17) is 4.52 Å². The Hall–Kier alpha value is -3.94. The maximum atomic E-state index is 13.7. The molecule has 2 aromatic carbocycles. The van der Waals surface area contributed by atoms with Crippen LogP contribution in [0.1, 0.15) is 61.5 Å². The first-order valence-electron chi connectivity index (χ1n) is 12.4. The molecule has 1 saturated carbocycles. The molecule has 188 valence electrons. The Kier molecular flexibility index (Phi) is 8.15. The number of hydrogen-bond donors (Lipinski definition) is 2. The van der Waals surface area contributed by atoms with Gasteiger partial charge in [0.2, 0.25) is 17.7 Å². The number of rotatable bonds is 9. The van der Waals surface area contributed by atoms with Gasteiger partial charge in [-0.25, -0.2) is 0 Å². The van der Waals surface area contributed by atoms with Crippen molar-refractivity contribution in [1.82, 2.24) is 10.5 Å². The minimum atomic E-state index is -0.860. The number of nitrogens with zero attached hydrogens (tertiary/aromatic N) is 2. The van der Waals surface area contributed by atoms with Crippen molar-refractivity contribution >= 4 is 29.2 Å². The van der Waals surface area contributed by atoms with Gasteiger partial charge in [-0.1, -0.05) is 66.5 Å². The van der Waals surface area contributed by atoms with E-state index < -0.39 is 6.04 Å². The zero-order valence-corrected chi connectivity index (χ0v) is 20.7. The van der Waals surface area contributed by atoms with Gasteiger partial charge in [-0.2, -0.15) is 0 Å². The number of aryl methyl sites for hydroxylation is 2. The molecule has 8 nitrogen and oxygen atoms in total. The molecular formula is C28H32N4O4. The highest BCUT2D eigenvalue weighted by Crippen LogP contribution is 2.32. The Labute approximate surface area is 211 Å². The molecule has 0 unspecified atom stereocenters. The first-order valence-corrected chi connectivity index (χ1v) is 12.4. The molecule has 0 aliphatic heterocycles. The van der Waals surface area contributed by atoms with Crippen LogP contribution >= 0.6 is 0 Å². The number of para-hydroxylation sites is 1. The molecule has 4 rings (SSSR count). The van der Waals surface area contributed by atoms with E-state index in [0.29, 0.717) is 22.8 Å². The molecule has 2 N–H and O–H groups in total. The maximum absolute atomic E-state index is 13.7. The number of aromatic nitrogens is 1. The van der Waals surface area contributed by atoms with Crippen molar-refractivity contribution in [2.75, 3.05) is 10.2 Å². The monoisotopic (exact) mass is 488 g/mol. The van der Waals surface area contributed by atoms with Gasteiger partial charge in [-0.15, -0.1) is 0 Å². The molecule has 0 spiro atoms. The van der Waals surface area contributed by atoms with Crippen LogP contribution in [0.4, 0.5) is 11.5 Å². The van der Waals surface area contributed by atoms with Crippen molar-refractivity contribution in [3.63, 3.8) is 0 Å². The van der Waals surface area contributed by atoms with Crippen molar-refractivity contribution in [1.29, 1.82) is 0 Å². The van der Waals surface area contributed by atoms with Crippen LogP contribution in [0.3, 0.4) is 0 Å². The van der Waals surface area contributed by atoms with E-state index in [1.54, 1.807) is 17.9 Å². The second-order valence-electron chi connectivity index (χ2n) is 9.22. The van der Waals surface area contributed by atoms with Gasteiger partial charge in [-0.05, 0) is 43.9 Å². The van der Waals surface area contributed by atoms with Crippen LogP contribution in [0.25, 0.3) is 0 Å². The van der Waals surface area contributed by atoms with Gasteiger partial charge in [0, 0.05) is 30.6 Å². The summed E-state index contributed by atoms with van der Waals surface area (Å²) >= 11 is 0. The zero-order chi connectivity index (χ0) is 25.5. The molecule has 0 saturated heterocycles. The van der Waals surface area contributed by atoms with Gasteiger partial charge in [0.15, 0.2) is 5.82 Å². The van der Waals surface area contributed by atoms with Crippen LogP contribution in [-0.4, -0.2) is 28.9 Å². The molecule has 1 fully saturated rings. The van der Waals surface area contributed by atoms with E-state index in [-0.39, 0.29) is 36.6 Å². The molecule has 0 bridgehead atoms. The molecule has 1 atom stereocenters. The molecular weight excluding hydrogens is 456 g/mol. The minimum absolute atomic E-state index is 0.0567. The van der Waals surface area contributed by atoms with E-state index in [1.165, 1.54) is 0 Å². The highest BCUT2D eigenvalue weighted by molar-refractivity contribution is 6.03. The zero-order valence-electron chi connectivity index (χ0n) is 20.7. The third kappa shape index (κ3) is 6.19. The van der Waals surface area contributed by atoms with Crippen molar-refractivity contribution in [2.24, 2.45) is 0 Å². The van der Waals surface area contributed by atoms with E-state index >= 15 is 0 Å². The summed E-state index contributed by atoms with van der Waals surface area (Å²) in [6, 6.07) is 17.7.